The fourth-order valence-corrected chi connectivity index (χ4v) is 3.30. The lowest BCUT2D eigenvalue weighted by Gasteiger charge is -2.30. The number of aliphatic hydroxyl groups excluding tert-OH is 1. The van der Waals surface area contributed by atoms with Crippen molar-refractivity contribution in [3.63, 3.8) is 0 Å². The lowest BCUT2D eigenvalue weighted by molar-refractivity contribution is -0.0560. The van der Waals surface area contributed by atoms with E-state index >= 15 is 0 Å². The second-order valence-electron chi connectivity index (χ2n) is 5.73. The van der Waals surface area contributed by atoms with Gasteiger partial charge in [0.15, 0.2) is 0 Å². The highest BCUT2D eigenvalue weighted by Gasteiger charge is 2.52. The van der Waals surface area contributed by atoms with Gasteiger partial charge in [0, 0.05) is 18.7 Å². The highest BCUT2D eigenvalue weighted by Crippen LogP contribution is 2.45. The molecule has 2 rings (SSSR count). The van der Waals surface area contributed by atoms with Crippen molar-refractivity contribution in [1.29, 1.82) is 0 Å². The van der Waals surface area contributed by atoms with E-state index in [9.17, 15) is 14.7 Å². The zero-order valence-corrected chi connectivity index (χ0v) is 14.7. The second-order valence-corrected chi connectivity index (χ2v) is 6.45. The monoisotopic (exact) mass is 422 g/mol. The predicted molar refractivity (Wildman–Crippen MR) is 90.0 cm³/mol. The highest BCUT2D eigenvalue weighted by molar-refractivity contribution is 14.1. The third-order valence-corrected chi connectivity index (χ3v) is 4.30. The molecule has 122 valence electrons. The van der Waals surface area contributed by atoms with Gasteiger partial charge in [-0.2, -0.15) is 0 Å². The summed E-state index contributed by atoms with van der Waals surface area (Å²) in [6.45, 7) is 3.58. The number of aliphatic hydroxyl groups is 1. The Bertz CT molecular complexity index is 679. The van der Waals surface area contributed by atoms with E-state index in [1.165, 1.54) is 10.8 Å². The zero-order valence-electron chi connectivity index (χ0n) is 12.6. The molecule has 1 aliphatic heterocycles. The molecular formula is C14H19IN2O5. The SMILES string of the molecule is COC1C(CO)OC(n2cc(/C=C/I)c(=O)[nH]c2=O)C1(C)C. The van der Waals surface area contributed by atoms with Crippen molar-refractivity contribution < 1.29 is 14.6 Å². The van der Waals surface area contributed by atoms with Gasteiger partial charge in [0.1, 0.15) is 12.3 Å². The van der Waals surface area contributed by atoms with Crippen molar-refractivity contribution in [1.82, 2.24) is 9.55 Å². The molecule has 2 heterocycles. The number of halogens is 1. The summed E-state index contributed by atoms with van der Waals surface area (Å²) >= 11 is 2.00. The minimum atomic E-state index is -0.652. The number of hydrogen-bond acceptors (Lipinski definition) is 5. The number of nitrogens with one attached hydrogen (secondary N) is 1. The van der Waals surface area contributed by atoms with E-state index in [0.717, 1.165) is 0 Å². The predicted octanol–water partition coefficient (Wildman–Crippen LogP) is 0.873. The molecule has 0 radical (unpaired) electrons. The first-order valence-electron chi connectivity index (χ1n) is 6.78. The van der Waals surface area contributed by atoms with Gasteiger partial charge in [-0.3, -0.25) is 14.3 Å². The van der Waals surface area contributed by atoms with Gasteiger partial charge in [0.05, 0.1) is 18.3 Å². The van der Waals surface area contributed by atoms with Gasteiger partial charge in [-0.25, -0.2) is 4.79 Å². The van der Waals surface area contributed by atoms with Crippen molar-refractivity contribution in [3.05, 3.63) is 36.7 Å². The summed E-state index contributed by atoms with van der Waals surface area (Å²) in [7, 11) is 1.54. The fourth-order valence-electron chi connectivity index (χ4n) is 2.91. The van der Waals surface area contributed by atoms with Crippen LogP contribution in [0.3, 0.4) is 0 Å². The van der Waals surface area contributed by atoms with E-state index in [-0.39, 0.29) is 12.7 Å². The Kier molecular flexibility index (Phi) is 5.25. The van der Waals surface area contributed by atoms with Gasteiger partial charge in [0.25, 0.3) is 5.56 Å². The van der Waals surface area contributed by atoms with Crippen LogP contribution in [-0.2, 0) is 9.47 Å². The molecule has 3 unspecified atom stereocenters. The standard InChI is InChI=1S/C14H19IN2O5/c1-14(2)10(21-3)9(7-18)22-12(14)17-6-8(4-5-15)11(19)16-13(17)20/h4-6,9-10,12,18H,7H2,1-3H3,(H,16,19,20)/b5-4+. The summed E-state index contributed by atoms with van der Waals surface area (Å²) in [6.07, 6.45) is 1.52. The summed E-state index contributed by atoms with van der Waals surface area (Å²) in [5.74, 6) is 0. The summed E-state index contributed by atoms with van der Waals surface area (Å²) < 4.78 is 14.3. The van der Waals surface area contributed by atoms with Crippen LogP contribution < -0.4 is 11.2 Å². The molecule has 1 fully saturated rings. The first-order valence-corrected chi connectivity index (χ1v) is 8.02. The van der Waals surface area contributed by atoms with Crippen LogP contribution in [-0.4, -0.2) is 40.6 Å². The average Bonchev–Trinajstić information content (AvgIpc) is 2.72. The third kappa shape index (κ3) is 2.92. The Hall–Kier alpha value is -0.970. The largest absolute Gasteiger partial charge is 0.394 e. The van der Waals surface area contributed by atoms with Gasteiger partial charge in [-0.1, -0.05) is 36.4 Å². The molecule has 1 aromatic heterocycles. The van der Waals surface area contributed by atoms with E-state index in [2.05, 4.69) is 4.98 Å². The third-order valence-electron chi connectivity index (χ3n) is 3.94. The van der Waals surface area contributed by atoms with Crippen molar-refractivity contribution in [2.24, 2.45) is 5.41 Å². The number of rotatable bonds is 4. The van der Waals surface area contributed by atoms with E-state index in [1.807, 2.05) is 36.4 Å². The van der Waals surface area contributed by atoms with Crippen LogP contribution in [0, 0.1) is 5.41 Å². The first kappa shape index (κ1) is 17.4. The van der Waals surface area contributed by atoms with Crippen LogP contribution in [0.1, 0.15) is 25.6 Å². The number of hydrogen-bond donors (Lipinski definition) is 2. The van der Waals surface area contributed by atoms with Gasteiger partial charge in [-0.05, 0) is 10.2 Å². The molecule has 0 amide bonds. The molecule has 0 saturated carbocycles. The van der Waals surface area contributed by atoms with Gasteiger partial charge in [0.2, 0.25) is 0 Å². The molecule has 0 aromatic carbocycles. The summed E-state index contributed by atoms with van der Waals surface area (Å²) in [5, 5.41) is 9.45. The van der Waals surface area contributed by atoms with Crippen LogP contribution in [0.15, 0.2) is 19.9 Å². The Labute approximate surface area is 141 Å². The molecule has 0 spiro atoms. The molecular weight excluding hydrogens is 403 g/mol. The Morgan fingerprint density at radius 3 is 2.73 bits per heavy atom. The maximum absolute atomic E-state index is 12.2. The molecule has 8 heteroatoms. The van der Waals surface area contributed by atoms with E-state index in [0.29, 0.717) is 5.56 Å². The van der Waals surface area contributed by atoms with Crippen molar-refractivity contribution >= 4 is 28.7 Å². The topological polar surface area (TPSA) is 93.5 Å². The summed E-state index contributed by atoms with van der Waals surface area (Å²) in [6, 6.07) is 0. The Morgan fingerprint density at radius 2 is 2.23 bits per heavy atom. The average molecular weight is 422 g/mol. The molecule has 0 aliphatic carbocycles. The van der Waals surface area contributed by atoms with Crippen LogP contribution in [0.5, 0.6) is 0 Å². The number of ether oxygens (including phenoxy) is 2. The molecule has 1 saturated heterocycles. The first-order chi connectivity index (χ1) is 10.4. The molecule has 2 N–H and O–H groups in total. The number of methoxy groups -OCH3 is 1. The second kappa shape index (κ2) is 6.65. The van der Waals surface area contributed by atoms with Gasteiger partial charge < -0.3 is 14.6 Å². The van der Waals surface area contributed by atoms with E-state index in [4.69, 9.17) is 9.47 Å². The van der Waals surface area contributed by atoms with Crippen LogP contribution in [0.25, 0.3) is 6.08 Å². The molecule has 22 heavy (non-hydrogen) atoms. The maximum Gasteiger partial charge on any atom is 0.330 e. The molecule has 3 atom stereocenters. The number of aromatic amines is 1. The van der Waals surface area contributed by atoms with Crippen LogP contribution in [0.2, 0.25) is 0 Å². The van der Waals surface area contributed by atoms with Crippen molar-refractivity contribution in [3.8, 4) is 0 Å². The lowest BCUT2D eigenvalue weighted by atomic mass is 9.84. The number of nitrogens with zero attached hydrogens (tertiary/aromatic N) is 1. The van der Waals surface area contributed by atoms with Crippen LogP contribution >= 0.6 is 22.6 Å². The van der Waals surface area contributed by atoms with Crippen LogP contribution in [0.4, 0.5) is 0 Å². The van der Waals surface area contributed by atoms with Gasteiger partial charge >= 0.3 is 5.69 Å². The smallest absolute Gasteiger partial charge is 0.330 e. The minimum absolute atomic E-state index is 0.211. The normalized spacial score (nSPS) is 27.6. The Morgan fingerprint density at radius 1 is 1.55 bits per heavy atom. The number of H-pyrrole nitrogens is 1. The quantitative estimate of drug-likeness (QED) is 0.703. The molecule has 7 nitrogen and oxygen atoms in total. The van der Waals surface area contributed by atoms with E-state index < -0.39 is 29.0 Å². The van der Waals surface area contributed by atoms with Crippen molar-refractivity contribution in [2.75, 3.05) is 13.7 Å². The molecule has 1 aliphatic rings. The minimum Gasteiger partial charge on any atom is -0.394 e. The van der Waals surface area contributed by atoms with Gasteiger partial charge in [-0.15, -0.1) is 0 Å². The van der Waals surface area contributed by atoms with Crippen molar-refractivity contribution in [2.45, 2.75) is 32.3 Å². The molecule has 1 aromatic rings. The highest BCUT2D eigenvalue weighted by atomic mass is 127. The molecule has 0 bridgehead atoms. The zero-order chi connectivity index (χ0) is 16.5. The number of aromatic nitrogens is 2. The lowest BCUT2D eigenvalue weighted by Crippen LogP contribution is -2.41. The Balaban J connectivity index is 2.54. The summed E-state index contributed by atoms with van der Waals surface area (Å²) in [5.41, 5.74) is -1.21. The maximum atomic E-state index is 12.2. The summed E-state index contributed by atoms with van der Waals surface area (Å²) in [4.78, 5) is 26.2. The van der Waals surface area contributed by atoms with E-state index in [1.54, 1.807) is 17.3 Å². The fraction of sp³-hybridized carbons (Fsp3) is 0.571.